The van der Waals surface area contributed by atoms with Crippen LogP contribution in [0.3, 0.4) is 0 Å². The summed E-state index contributed by atoms with van der Waals surface area (Å²) in [5, 5.41) is 0.388. The van der Waals surface area contributed by atoms with Crippen LogP contribution < -0.4 is 4.90 Å². The summed E-state index contributed by atoms with van der Waals surface area (Å²) >= 11 is 17.5. The molecule has 2 amide bonds. The normalized spacial score (nSPS) is 21.2. The highest BCUT2D eigenvalue weighted by Gasteiger charge is 2.65. The minimum Gasteiger partial charge on any atom is -0.361 e. The molecule has 2 aliphatic rings. The van der Waals surface area contributed by atoms with Crippen LogP contribution in [0.2, 0.25) is 25.7 Å². The number of anilines is 1. The van der Waals surface area contributed by atoms with Crippen LogP contribution in [0.1, 0.15) is 17.5 Å². The number of carbonyl (C=O) groups excluding carboxylic acids is 2. The number of methoxy groups -OCH3 is 1. The van der Waals surface area contributed by atoms with Gasteiger partial charge in [0.2, 0.25) is 5.91 Å². The minimum absolute atomic E-state index is 0.0564. The molecule has 0 bridgehead atoms. The van der Waals surface area contributed by atoms with E-state index < -0.39 is 19.8 Å². The molecule has 4 rings (SSSR count). The van der Waals surface area contributed by atoms with E-state index >= 15 is 0 Å². The second-order valence-electron chi connectivity index (χ2n) is 9.65. The Kier molecular flexibility index (Phi) is 7.28. The lowest BCUT2D eigenvalue weighted by atomic mass is 9.78. The summed E-state index contributed by atoms with van der Waals surface area (Å²) in [7, 11) is 0.0243. The first kappa shape index (κ1) is 26.1. The number of rotatable bonds is 6. The Labute approximate surface area is 230 Å². The quantitative estimate of drug-likeness (QED) is 0.182. The summed E-state index contributed by atoms with van der Waals surface area (Å²) in [6.07, 6.45) is 1.20. The molecule has 1 fully saturated rings. The fourth-order valence-corrected chi connectivity index (χ4v) is 7.90. The largest absolute Gasteiger partial charge is 0.361 e. The third kappa shape index (κ3) is 4.26. The van der Waals surface area contributed by atoms with Gasteiger partial charge in [0.15, 0.2) is 5.54 Å². The van der Waals surface area contributed by atoms with Crippen LogP contribution in [0, 0.1) is 0 Å². The fourth-order valence-electron chi connectivity index (χ4n) is 4.54. The average Bonchev–Trinajstić information content (AvgIpc) is 3.03. The second-order valence-corrected chi connectivity index (χ2v) is 18.0. The number of hydrogen-bond acceptors (Lipinski definition) is 3. The first-order valence-corrected chi connectivity index (χ1v) is 17.2. The van der Waals surface area contributed by atoms with Crippen molar-refractivity contribution < 1.29 is 14.3 Å². The third-order valence-electron chi connectivity index (χ3n) is 6.11. The van der Waals surface area contributed by atoms with Crippen molar-refractivity contribution in [2.75, 3.05) is 12.0 Å². The summed E-state index contributed by atoms with van der Waals surface area (Å²) in [5.74, 6) is -0.355. The van der Waals surface area contributed by atoms with Crippen LogP contribution in [-0.2, 0) is 19.9 Å². The van der Waals surface area contributed by atoms with E-state index in [1.54, 1.807) is 18.2 Å². The Balaban J connectivity index is 1.90. The molecule has 10 heteroatoms. The van der Waals surface area contributed by atoms with Gasteiger partial charge in [-0.15, -0.1) is 0 Å². The molecule has 0 saturated carbocycles. The molecule has 180 valence electrons. The molecular formula is C24H24Br3ClN2O3Si. The lowest BCUT2D eigenvalue weighted by Crippen LogP contribution is -2.64. The van der Waals surface area contributed by atoms with Gasteiger partial charge >= 0.3 is 0 Å². The van der Waals surface area contributed by atoms with Gasteiger partial charge in [-0.1, -0.05) is 61.6 Å². The number of halogens is 4. The summed E-state index contributed by atoms with van der Waals surface area (Å²) in [6.45, 7) is 6.72. The van der Waals surface area contributed by atoms with Crippen molar-refractivity contribution in [3.8, 4) is 0 Å². The van der Waals surface area contributed by atoms with E-state index in [1.807, 2.05) is 36.4 Å². The van der Waals surface area contributed by atoms with E-state index in [0.717, 1.165) is 36.3 Å². The molecule has 2 aromatic carbocycles. The molecule has 0 N–H and O–H groups in total. The van der Waals surface area contributed by atoms with Crippen LogP contribution in [0.25, 0.3) is 5.03 Å². The lowest BCUT2D eigenvalue weighted by Gasteiger charge is -2.47. The number of β-lactam (4-membered cyclic amide) rings is 1. The minimum atomic E-state index is -1.60. The molecule has 1 spiro atoms. The van der Waals surface area contributed by atoms with Gasteiger partial charge in [-0.05, 0) is 65.5 Å². The smallest absolute Gasteiger partial charge is 0.260 e. The predicted molar refractivity (Wildman–Crippen MR) is 149 cm³/mol. The third-order valence-corrected chi connectivity index (χ3v) is 11.3. The van der Waals surface area contributed by atoms with Crippen molar-refractivity contribution >= 4 is 90.0 Å². The SMILES string of the molecule is COC(C[Si](C)(C)C)N1C(=O)C2(CC(=O)N2/C=C(/Cl)c2ccccc2)c2c1cc(Br)c(Br)c2Br. The number of amides is 2. The number of likely N-dealkylation sites (tertiary alicyclic amines) is 1. The molecule has 5 nitrogen and oxygen atoms in total. The Hall–Kier alpha value is -0.973. The molecule has 2 atom stereocenters. The number of hydrogen-bond donors (Lipinski definition) is 0. The highest BCUT2D eigenvalue weighted by Crippen LogP contribution is 2.58. The van der Waals surface area contributed by atoms with Crippen molar-refractivity contribution in [3.05, 3.63) is 67.1 Å². The topological polar surface area (TPSA) is 49.9 Å². The number of nitrogens with zero attached hydrogens (tertiary/aromatic N) is 2. The van der Waals surface area contributed by atoms with Crippen LogP contribution in [-0.4, -0.2) is 38.1 Å². The van der Waals surface area contributed by atoms with Gasteiger partial charge in [0.05, 0.1) is 17.1 Å². The molecule has 2 aromatic rings. The average molecular weight is 692 g/mol. The van der Waals surface area contributed by atoms with E-state index in [2.05, 4.69) is 67.4 Å². The molecule has 0 aromatic heterocycles. The summed E-state index contributed by atoms with van der Waals surface area (Å²) in [4.78, 5) is 30.4. The molecule has 2 aliphatic heterocycles. The van der Waals surface area contributed by atoms with Crippen LogP contribution in [0.15, 0.2) is 56.0 Å². The molecular weight excluding hydrogens is 668 g/mol. The van der Waals surface area contributed by atoms with Gasteiger partial charge in [-0.3, -0.25) is 19.4 Å². The van der Waals surface area contributed by atoms with Gasteiger partial charge in [-0.25, -0.2) is 0 Å². The van der Waals surface area contributed by atoms with Gasteiger partial charge in [-0.2, -0.15) is 0 Å². The number of ether oxygens (including phenoxy) is 1. The molecule has 0 radical (unpaired) electrons. The maximum atomic E-state index is 14.2. The maximum Gasteiger partial charge on any atom is 0.260 e. The van der Waals surface area contributed by atoms with E-state index in [-0.39, 0.29) is 18.2 Å². The van der Waals surface area contributed by atoms with E-state index in [4.69, 9.17) is 16.3 Å². The molecule has 2 unspecified atom stereocenters. The number of fused-ring (bicyclic) bond motifs is 2. The summed E-state index contributed by atoms with van der Waals surface area (Å²) in [5.41, 5.74) is 1.03. The van der Waals surface area contributed by atoms with Crippen molar-refractivity contribution in [1.29, 1.82) is 0 Å². The van der Waals surface area contributed by atoms with E-state index in [0.29, 0.717) is 5.03 Å². The Bertz CT molecular complexity index is 1200. The van der Waals surface area contributed by atoms with Crippen LogP contribution in [0.5, 0.6) is 0 Å². The number of carbonyl (C=O) groups is 2. The molecule has 1 saturated heterocycles. The predicted octanol–water partition coefficient (Wildman–Crippen LogP) is 7.30. The van der Waals surface area contributed by atoms with Crippen molar-refractivity contribution in [3.63, 3.8) is 0 Å². The van der Waals surface area contributed by atoms with Crippen LogP contribution >= 0.6 is 59.4 Å². The van der Waals surface area contributed by atoms with Crippen molar-refractivity contribution in [2.24, 2.45) is 0 Å². The highest BCUT2D eigenvalue weighted by atomic mass is 79.9. The monoisotopic (exact) mass is 688 g/mol. The maximum absolute atomic E-state index is 14.2. The van der Waals surface area contributed by atoms with Gasteiger partial charge in [0.1, 0.15) is 6.23 Å². The molecule has 2 heterocycles. The molecule has 0 aliphatic carbocycles. The second kappa shape index (κ2) is 9.48. The van der Waals surface area contributed by atoms with Crippen molar-refractivity contribution in [1.82, 2.24) is 4.90 Å². The van der Waals surface area contributed by atoms with Gasteiger partial charge in [0, 0.05) is 40.4 Å². The van der Waals surface area contributed by atoms with Gasteiger partial charge in [0.25, 0.3) is 5.91 Å². The van der Waals surface area contributed by atoms with E-state index in [9.17, 15) is 9.59 Å². The number of benzene rings is 2. The fraction of sp³-hybridized carbons (Fsp3) is 0.333. The first-order chi connectivity index (χ1) is 15.9. The Morgan fingerprint density at radius 2 is 1.82 bits per heavy atom. The molecule has 34 heavy (non-hydrogen) atoms. The lowest BCUT2D eigenvalue weighted by molar-refractivity contribution is -0.160. The summed E-state index contributed by atoms with van der Waals surface area (Å²) < 4.78 is 8.17. The zero-order valence-corrected chi connectivity index (χ0v) is 25.7. The Morgan fingerprint density at radius 1 is 1.18 bits per heavy atom. The summed E-state index contributed by atoms with van der Waals surface area (Å²) in [6, 6.07) is 12.1. The van der Waals surface area contributed by atoms with Gasteiger partial charge < -0.3 is 4.74 Å². The zero-order chi connectivity index (χ0) is 25.0. The zero-order valence-electron chi connectivity index (χ0n) is 19.2. The Morgan fingerprint density at radius 3 is 2.38 bits per heavy atom. The first-order valence-electron chi connectivity index (χ1n) is 10.7. The standard InChI is InChI=1S/C24H24Br3ClN2O3Si/c1-33-19(13-34(2,3)4)30-17-10-15(25)21(26)22(27)20(17)24(23(30)32)11-18(31)29(24)12-16(28)14-8-6-5-7-9-14/h5-10,12,19H,11,13H2,1-4H3/b16-12+. The van der Waals surface area contributed by atoms with E-state index in [1.165, 1.54) is 4.90 Å². The highest BCUT2D eigenvalue weighted by molar-refractivity contribution is 9.14. The van der Waals surface area contributed by atoms with Crippen LogP contribution in [0.4, 0.5) is 5.69 Å². The van der Waals surface area contributed by atoms with Crippen molar-refractivity contribution in [2.45, 2.75) is 43.9 Å².